The lowest BCUT2D eigenvalue weighted by Gasteiger charge is -2.14. The molecule has 0 saturated heterocycles. The number of rotatable bonds is 6. The molecule has 0 fully saturated rings. The summed E-state index contributed by atoms with van der Waals surface area (Å²) in [6.07, 6.45) is 0. The van der Waals surface area contributed by atoms with Crippen LogP contribution in [-0.2, 0) is 6.61 Å². The Morgan fingerprint density at radius 3 is 2.38 bits per heavy atom. The lowest BCUT2D eigenvalue weighted by atomic mass is 9.96. The molecule has 0 bridgehead atoms. The van der Waals surface area contributed by atoms with Crippen molar-refractivity contribution < 1.29 is 14.8 Å². The molecule has 0 aliphatic carbocycles. The fourth-order valence-electron chi connectivity index (χ4n) is 2.30. The van der Waals surface area contributed by atoms with Gasteiger partial charge in [-0.05, 0) is 41.3 Å². The molecule has 126 valence electrons. The molecular formula is C17H19N3O4. The molecule has 0 saturated carbocycles. The molecule has 0 radical (unpaired) electrons. The molecule has 2 rings (SSSR count). The van der Waals surface area contributed by atoms with Crippen LogP contribution in [0.2, 0.25) is 0 Å². The first-order valence-electron chi connectivity index (χ1n) is 7.44. The zero-order valence-electron chi connectivity index (χ0n) is 13.8. The molecule has 0 aromatic heterocycles. The van der Waals surface area contributed by atoms with Gasteiger partial charge in [0.25, 0.3) is 5.69 Å². The summed E-state index contributed by atoms with van der Waals surface area (Å²) in [6, 6.07) is 9.36. The number of azo groups is 1. The van der Waals surface area contributed by atoms with E-state index in [4.69, 9.17) is 4.74 Å². The van der Waals surface area contributed by atoms with E-state index in [0.717, 1.165) is 11.1 Å². The number of hydrogen-bond acceptors (Lipinski definition) is 6. The Morgan fingerprint density at radius 1 is 1.21 bits per heavy atom. The van der Waals surface area contributed by atoms with Crippen LogP contribution < -0.4 is 4.74 Å². The third kappa shape index (κ3) is 3.94. The molecule has 7 heteroatoms. The third-order valence-electron chi connectivity index (χ3n) is 3.57. The fraction of sp³-hybridized carbons (Fsp3) is 0.294. The molecule has 1 N–H and O–H groups in total. The zero-order chi connectivity index (χ0) is 17.7. The van der Waals surface area contributed by atoms with Gasteiger partial charge in [-0.15, -0.1) is 5.11 Å². The molecule has 0 spiro atoms. The van der Waals surface area contributed by atoms with E-state index in [1.54, 1.807) is 13.2 Å². The van der Waals surface area contributed by atoms with E-state index >= 15 is 0 Å². The predicted molar refractivity (Wildman–Crippen MR) is 90.3 cm³/mol. The van der Waals surface area contributed by atoms with Gasteiger partial charge in [0.15, 0.2) is 0 Å². The van der Waals surface area contributed by atoms with E-state index < -0.39 is 4.92 Å². The second-order valence-electron chi connectivity index (χ2n) is 5.51. The summed E-state index contributed by atoms with van der Waals surface area (Å²) in [5, 5.41) is 28.4. The number of benzene rings is 2. The van der Waals surface area contributed by atoms with E-state index in [-0.39, 0.29) is 18.2 Å². The Kier molecular flexibility index (Phi) is 5.59. The number of aliphatic hydroxyl groups is 1. The zero-order valence-corrected chi connectivity index (χ0v) is 13.8. The average molecular weight is 329 g/mol. The van der Waals surface area contributed by atoms with Crippen LogP contribution in [0.1, 0.15) is 30.9 Å². The minimum Gasteiger partial charge on any atom is -0.494 e. The third-order valence-corrected chi connectivity index (χ3v) is 3.57. The van der Waals surface area contributed by atoms with Crippen LogP contribution in [0.5, 0.6) is 5.75 Å². The van der Waals surface area contributed by atoms with Crippen LogP contribution in [0.3, 0.4) is 0 Å². The van der Waals surface area contributed by atoms with Gasteiger partial charge in [-0.3, -0.25) is 10.1 Å². The van der Waals surface area contributed by atoms with Gasteiger partial charge in [0.1, 0.15) is 11.4 Å². The van der Waals surface area contributed by atoms with Crippen molar-refractivity contribution in [2.24, 2.45) is 10.2 Å². The summed E-state index contributed by atoms with van der Waals surface area (Å²) in [6.45, 7) is 3.97. The van der Waals surface area contributed by atoms with E-state index in [1.165, 1.54) is 24.3 Å². The fourth-order valence-corrected chi connectivity index (χ4v) is 2.30. The SMILES string of the molecule is COc1cc(C(C)C)c(CO)cc1/N=N/c1ccc([N+](=O)[O-])cc1. The summed E-state index contributed by atoms with van der Waals surface area (Å²) >= 11 is 0. The maximum Gasteiger partial charge on any atom is 0.269 e. The van der Waals surface area contributed by atoms with Crippen molar-refractivity contribution in [2.45, 2.75) is 26.4 Å². The van der Waals surface area contributed by atoms with Crippen molar-refractivity contribution in [1.29, 1.82) is 0 Å². The second kappa shape index (κ2) is 7.65. The standard InChI is InChI=1S/C17H19N3O4/c1-11(2)15-9-17(24-3)16(8-12(15)10-21)19-18-13-4-6-14(7-5-13)20(22)23/h4-9,11,21H,10H2,1-3H3/b19-18+. The van der Waals surface area contributed by atoms with E-state index in [0.29, 0.717) is 17.1 Å². The van der Waals surface area contributed by atoms with Gasteiger partial charge in [-0.1, -0.05) is 13.8 Å². The smallest absolute Gasteiger partial charge is 0.269 e. The van der Waals surface area contributed by atoms with Crippen LogP contribution in [-0.4, -0.2) is 17.1 Å². The normalized spacial score (nSPS) is 11.2. The summed E-state index contributed by atoms with van der Waals surface area (Å²) in [5.41, 5.74) is 2.73. The summed E-state index contributed by atoms with van der Waals surface area (Å²) in [7, 11) is 1.54. The van der Waals surface area contributed by atoms with Gasteiger partial charge in [-0.2, -0.15) is 5.11 Å². The Hall–Kier alpha value is -2.80. The van der Waals surface area contributed by atoms with Crippen molar-refractivity contribution in [3.8, 4) is 5.75 Å². The van der Waals surface area contributed by atoms with Crippen LogP contribution in [0.15, 0.2) is 46.6 Å². The highest BCUT2D eigenvalue weighted by molar-refractivity contribution is 5.57. The van der Waals surface area contributed by atoms with E-state index in [9.17, 15) is 15.2 Å². The lowest BCUT2D eigenvalue weighted by Crippen LogP contribution is -1.98. The number of nitrogens with zero attached hydrogens (tertiary/aromatic N) is 3. The van der Waals surface area contributed by atoms with Gasteiger partial charge in [-0.25, -0.2) is 0 Å². The van der Waals surface area contributed by atoms with Crippen LogP contribution in [0.4, 0.5) is 17.1 Å². The Labute approximate surface area is 139 Å². The van der Waals surface area contributed by atoms with Gasteiger partial charge in [0.05, 0.1) is 24.3 Å². The number of hydrogen-bond donors (Lipinski definition) is 1. The maximum atomic E-state index is 10.6. The maximum absolute atomic E-state index is 10.6. The van der Waals surface area contributed by atoms with Crippen molar-refractivity contribution in [2.75, 3.05) is 7.11 Å². The summed E-state index contributed by atoms with van der Waals surface area (Å²) in [5.74, 6) is 0.795. The monoisotopic (exact) mass is 329 g/mol. The molecule has 0 amide bonds. The molecule has 7 nitrogen and oxygen atoms in total. The van der Waals surface area contributed by atoms with Gasteiger partial charge in [0, 0.05) is 12.1 Å². The largest absolute Gasteiger partial charge is 0.494 e. The minimum absolute atomic E-state index is 0.00427. The van der Waals surface area contributed by atoms with Crippen LogP contribution in [0.25, 0.3) is 0 Å². The highest BCUT2D eigenvalue weighted by Gasteiger charge is 2.12. The second-order valence-corrected chi connectivity index (χ2v) is 5.51. The quantitative estimate of drug-likeness (QED) is 0.474. The molecule has 24 heavy (non-hydrogen) atoms. The number of methoxy groups -OCH3 is 1. The number of non-ortho nitro benzene ring substituents is 1. The Balaban J connectivity index is 2.35. The predicted octanol–water partition coefficient (Wildman–Crippen LogP) is 4.63. The summed E-state index contributed by atoms with van der Waals surface area (Å²) < 4.78 is 5.35. The lowest BCUT2D eigenvalue weighted by molar-refractivity contribution is -0.384. The topological polar surface area (TPSA) is 97.3 Å². The average Bonchev–Trinajstić information content (AvgIpc) is 2.59. The van der Waals surface area contributed by atoms with E-state index in [1.807, 2.05) is 19.9 Å². The molecule has 0 heterocycles. The van der Waals surface area contributed by atoms with Crippen LogP contribution in [0, 0.1) is 10.1 Å². The first-order chi connectivity index (χ1) is 11.5. The molecule has 0 atom stereocenters. The van der Waals surface area contributed by atoms with Crippen LogP contribution >= 0.6 is 0 Å². The molecule has 2 aromatic rings. The molecular weight excluding hydrogens is 310 g/mol. The van der Waals surface area contributed by atoms with Gasteiger partial charge >= 0.3 is 0 Å². The first kappa shape index (κ1) is 17.6. The number of ether oxygens (including phenoxy) is 1. The van der Waals surface area contributed by atoms with Crippen molar-refractivity contribution in [1.82, 2.24) is 0 Å². The van der Waals surface area contributed by atoms with Crippen molar-refractivity contribution in [3.05, 3.63) is 57.6 Å². The van der Waals surface area contributed by atoms with Crippen molar-refractivity contribution >= 4 is 17.1 Å². The summed E-state index contributed by atoms with van der Waals surface area (Å²) in [4.78, 5) is 10.2. The van der Waals surface area contributed by atoms with Gasteiger partial charge < -0.3 is 9.84 Å². The number of nitro benzene ring substituents is 1. The molecule has 0 aliphatic heterocycles. The highest BCUT2D eigenvalue weighted by atomic mass is 16.6. The Morgan fingerprint density at radius 2 is 1.88 bits per heavy atom. The van der Waals surface area contributed by atoms with Gasteiger partial charge in [0.2, 0.25) is 0 Å². The van der Waals surface area contributed by atoms with Crippen molar-refractivity contribution in [3.63, 3.8) is 0 Å². The first-order valence-corrected chi connectivity index (χ1v) is 7.44. The minimum atomic E-state index is -0.470. The molecule has 0 unspecified atom stereocenters. The molecule has 2 aromatic carbocycles. The number of nitro groups is 1. The highest BCUT2D eigenvalue weighted by Crippen LogP contribution is 2.35. The molecule has 0 aliphatic rings. The Bertz CT molecular complexity index is 755. The number of aliphatic hydroxyl groups excluding tert-OH is 1. The van der Waals surface area contributed by atoms with E-state index in [2.05, 4.69) is 10.2 Å².